The topological polar surface area (TPSA) is 72.2 Å². The van der Waals surface area contributed by atoms with Gasteiger partial charge in [-0.15, -0.1) is 11.8 Å². The lowest BCUT2D eigenvalue weighted by Gasteiger charge is -2.12. The number of hydrogen-bond acceptors (Lipinski definition) is 4. The number of anilines is 1. The highest BCUT2D eigenvalue weighted by molar-refractivity contribution is 8.00. The van der Waals surface area contributed by atoms with Gasteiger partial charge < -0.3 is 5.32 Å². The van der Waals surface area contributed by atoms with Crippen molar-refractivity contribution in [3.63, 3.8) is 0 Å². The van der Waals surface area contributed by atoms with Crippen LogP contribution in [0.1, 0.15) is 12.5 Å². The highest BCUT2D eigenvalue weighted by atomic mass is 32.2. The molecule has 0 bridgehead atoms. The van der Waals surface area contributed by atoms with Crippen molar-refractivity contribution in [3.05, 3.63) is 64.2 Å². The Morgan fingerprint density at radius 1 is 1.14 bits per heavy atom. The summed E-state index contributed by atoms with van der Waals surface area (Å²) in [6.45, 7) is 3.84. The van der Waals surface area contributed by atoms with Gasteiger partial charge in [0.25, 0.3) is 5.69 Å². The Balaban J connectivity index is 1.95. The molecular weight excluding hydrogens is 300 g/mol. The highest BCUT2D eigenvalue weighted by Crippen LogP contribution is 2.24. The molecule has 0 heterocycles. The fourth-order valence-electron chi connectivity index (χ4n) is 1.78. The molecule has 0 aromatic heterocycles. The van der Waals surface area contributed by atoms with E-state index in [2.05, 4.69) is 5.32 Å². The van der Waals surface area contributed by atoms with E-state index in [9.17, 15) is 14.9 Å². The Morgan fingerprint density at radius 2 is 1.73 bits per heavy atom. The van der Waals surface area contributed by atoms with E-state index < -0.39 is 4.92 Å². The zero-order valence-corrected chi connectivity index (χ0v) is 13.1. The van der Waals surface area contributed by atoms with Crippen LogP contribution in [0.15, 0.2) is 53.4 Å². The lowest BCUT2D eigenvalue weighted by molar-refractivity contribution is -0.384. The van der Waals surface area contributed by atoms with E-state index in [0.717, 1.165) is 4.90 Å². The number of nitrogens with zero attached hydrogens (tertiary/aromatic N) is 1. The number of aryl methyl sites for hydroxylation is 1. The molecule has 0 fully saturated rings. The number of nitro groups is 1. The normalized spacial score (nSPS) is 11.7. The Kier molecular flexibility index (Phi) is 5.16. The van der Waals surface area contributed by atoms with Gasteiger partial charge in [0.15, 0.2) is 0 Å². The molecule has 0 aliphatic carbocycles. The van der Waals surface area contributed by atoms with Crippen LogP contribution in [-0.2, 0) is 4.79 Å². The number of nitrogens with one attached hydrogen (secondary N) is 1. The molecule has 0 aliphatic rings. The minimum Gasteiger partial charge on any atom is -0.325 e. The van der Waals surface area contributed by atoms with Crippen molar-refractivity contribution in [3.8, 4) is 0 Å². The quantitative estimate of drug-likeness (QED) is 0.513. The molecule has 22 heavy (non-hydrogen) atoms. The first-order valence-electron chi connectivity index (χ1n) is 6.74. The van der Waals surface area contributed by atoms with Gasteiger partial charge in [0, 0.05) is 22.7 Å². The maximum atomic E-state index is 12.1. The number of thioether (sulfide) groups is 1. The van der Waals surface area contributed by atoms with E-state index in [4.69, 9.17) is 0 Å². The van der Waals surface area contributed by atoms with Gasteiger partial charge in [-0.1, -0.05) is 17.7 Å². The number of amides is 1. The predicted molar refractivity (Wildman–Crippen MR) is 88.2 cm³/mol. The van der Waals surface area contributed by atoms with Crippen LogP contribution in [0.3, 0.4) is 0 Å². The van der Waals surface area contributed by atoms with E-state index >= 15 is 0 Å². The van der Waals surface area contributed by atoms with Gasteiger partial charge in [0.05, 0.1) is 10.2 Å². The van der Waals surface area contributed by atoms with E-state index in [1.165, 1.54) is 41.6 Å². The third kappa shape index (κ3) is 4.33. The molecule has 0 aliphatic heterocycles. The second-order valence-corrected chi connectivity index (χ2v) is 6.28. The van der Waals surface area contributed by atoms with Gasteiger partial charge in [-0.05, 0) is 38.1 Å². The molecule has 114 valence electrons. The van der Waals surface area contributed by atoms with Gasteiger partial charge in [0.2, 0.25) is 5.91 Å². The summed E-state index contributed by atoms with van der Waals surface area (Å²) >= 11 is 1.47. The summed E-state index contributed by atoms with van der Waals surface area (Å²) in [5, 5.41) is 13.1. The molecule has 0 radical (unpaired) electrons. The molecule has 6 heteroatoms. The highest BCUT2D eigenvalue weighted by Gasteiger charge is 2.15. The van der Waals surface area contributed by atoms with E-state index in [1.807, 2.05) is 38.1 Å². The summed E-state index contributed by atoms with van der Waals surface area (Å²) in [6.07, 6.45) is 0. The van der Waals surface area contributed by atoms with Gasteiger partial charge >= 0.3 is 0 Å². The first-order chi connectivity index (χ1) is 10.5. The summed E-state index contributed by atoms with van der Waals surface area (Å²) < 4.78 is 0. The smallest absolute Gasteiger partial charge is 0.269 e. The standard InChI is InChI=1S/C16H16N2O3S/c1-11-3-9-15(10-4-11)22-12(2)16(19)17-13-5-7-14(8-6-13)18(20)21/h3-10,12H,1-2H3,(H,17,19)/t12-/m0/s1. The molecule has 1 atom stereocenters. The average Bonchev–Trinajstić information content (AvgIpc) is 2.50. The van der Waals surface area contributed by atoms with Crippen LogP contribution in [0.2, 0.25) is 0 Å². The maximum Gasteiger partial charge on any atom is 0.269 e. The number of nitro benzene ring substituents is 1. The van der Waals surface area contributed by atoms with E-state index in [-0.39, 0.29) is 16.8 Å². The third-order valence-electron chi connectivity index (χ3n) is 3.05. The molecule has 2 rings (SSSR count). The summed E-state index contributed by atoms with van der Waals surface area (Å²) in [5.41, 5.74) is 1.72. The maximum absolute atomic E-state index is 12.1. The average molecular weight is 316 g/mol. The van der Waals surface area contributed by atoms with Crippen molar-refractivity contribution in [2.45, 2.75) is 24.0 Å². The first kappa shape index (κ1) is 16.0. The van der Waals surface area contributed by atoms with Crippen molar-refractivity contribution < 1.29 is 9.72 Å². The van der Waals surface area contributed by atoms with E-state index in [1.54, 1.807) is 0 Å². The SMILES string of the molecule is Cc1ccc(S[C@@H](C)C(=O)Nc2ccc([N+](=O)[O-])cc2)cc1. The lowest BCUT2D eigenvalue weighted by Crippen LogP contribution is -2.22. The molecule has 1 amide bonds. The van der Waals surface area contributed by atoms with Gasteiger partial charge in [-0.25, -0.2) is 0 Å². The van der Waals surface area contributed by atoms with Gasteiger partial charge in [-0.2, -0.15) is 0 Å². The van der Waals surface area contributed by atoms with Crippen LogP contribution in [0, 0.1) is 17.0 Å². The van der Waals surface area contributed by atoms with Crippen molar-refractivity contribution in [2.75, 3.05) is 5.32 Å². The third-order valence-corrected chi connectivity index (χ3v) is 4.16. The minimum absolute atomic E-state index is 0.0000721. The Morgan fingerprint density at radius 3 is 2.27 bits per heavy atom. The van der Waals surface area contributed by atoms with Gasteiger partial charge in [-0.3, -0.25) is 14.9 Å². The Bertz CT molecular complexity index is 669. The van der Waals surface area contributed by atoms with Gasteiger partial charge in [0.1, 0.15) is 0 Å². The molecule has 5 nitrogen and oxygen atoms in total. The number of hydrogen-bond donors (Lipinski definition) is 1. The largest absolute Gasteiger partial charge is 0.325 e. The first-order valence-corrected chi connectivity index (χ1v) is 7.62. The molecule has 0 unspecified atom stereocenters. The zero-order valence-electron chi connectivity index (χ0n) is 12.3. The summed E-state index contributed by atoms with van der Waals surface area (Å²) in [5.74, 6) is -0.139. The number of carbonyl (C=O) groups is 1. The number of carbonyl (C=O) groups excluding carboxylic acids is 1. The van der Waals surface area contributed by atoms with Crippen LogP contribution in [-0.4, -0.2) is 16.1 Å². The van der Waals surface area contributed by atoms with Crippen molar-refractivity contribution in [1.29, 1.82) is 0 Å². The van der Waals surface area contributed by atoms with Crippen molar-refractivity contribution in [2.24, 2.45) is 0 Å². The number of benzene rings is 2. The second kappa shape index (κ2) is 7.09. The van der Waals surface area contributed by atoms with Crippen molar-refractivity contribution >= 4 is 29.0 Å². The molecule has 0 saturated heterocycles. The summed E-state index contributed by atoms with van der Waals surface area (Å²) in [7, 11) is 0. The zero-order chi connectivity index (χ0) is 16.1. The molecular formula is C16H16N2O3S. The fraction of sp³-hybridized carbons (Fsp3) is 0.188. The molecule has 2 aromatic carbocycles. The molecule has 1 N–H and O–H groups in total. The number of non-ortho nitro benzene ring substituents is 1. The van der Waals surface area contributed by atoms with Crippen LogP contribution >= 0.6 is 11.8 Å². The lowest BCUT2D eigenvalue weighted by atomic mass is 10.2. The monoisotopic (exact) mass is 316 g/mol. The summed E-state index contributed by atoms with van der Waals surface area (Å²) in [4.78, 5) is 23.3. The van der Waals surface area contributed by atoms with E-state index in [0.29, 0.717) is 5.69 Å². The van der Waals surface area contributed by atoms with Crippen LogP contribution in [0.5, 0.6) is 0 Å². The van der Waals surface area contributed by atoms with Crippen LogP contribution in [0.25, 0.3) is 0 Å². The molecule has 0 spiro atoms. The minimum atomic E-state index is -0.471. The predicted octanol–water partition coefficient (Wildman–Crippen LogP) is 4.02. The fourth-order valence-corrected chi connectivity index (χ4v) is 2.65. The van der Waals surface area contributed by atoms with Crippen molar-refractivity contribution in [1.82, 2.24) is 0 Å². The number of rotatable bonds is 5. The molecule has 2 aromatic rings. The van der Waals surface area contributed by atoms with Crippen LogP contribution < -0.4 is 5.32 Å². The Hall–Kier alpha value is -2.34. The molecule has 0 saturated carbocycles. The Labute approximate surface area is 132 Å². The van der Waals surface area contributed by atoms with Crippen LogP contribution in [0.4, 0.5) is 11.4 Å². The summed E-state index contributed by atoms with van der Waals surface area (Å²) in [6, 6.07) is 13.8. The second-order valence-electron chi connectivity index (χ2n) is 4.87.